The molecular weight excluding hydrogens is 180 g/mol. The van der Waals surface area contributed by atoms with Gasteiger partial charge in [-0.1, -0.05) is 0 Å². The number of rotatable bonds is 7. The molecule has 78 valence electrons. The Labute approximate surface area is 83.3 Å². The van der Waals surface area contributed by atoms with Crippen molar-refractivity contribution in [3.63, 3.8) is 0 Å². The molecule has 1 heterocycles. The predicted molar refractivity (Wildman–Crippen MR) is 53.5 cm³/mol. The third kappa shape index (κ3) is 4.61. The van der Waals surface area contributed by atoms with Gasteiger partial charge in [0.25, 0.3) is 0 Å². The maximum absolute atomic E-state index is 10.4. The van der Waals surface area contributed by atoms with Gasteiger partial charge in [0.1, 0.15) is 0 Å². The topological polar surface area (TPSA) is 72.9 Å². The standard InChI is InChI=1S/C9H16N4O/c10-9(14)2-4-11-3-1-6-13-7-5-12-8-13/h5,7-8,11H,1-4,6H2,(H2,10,14). The van der Waals surface area contributed by atoms with Crippen molar-refractivity contribution in [1.82, 2.24) is 14.9 Å². The van der Waals surface area contributed by atoms with Crippen LogP contribution in [0.3, 0.4) is 0 Å². The molecule has 0 atom stereocenters. The Hall–Kier alpha value is -1.36. The second-order valence-corrected chi connectivity index (χ2v) is 3.12. The highest BCUT2D eigenvalue weighted by Gasteiger charge is 1.93. The van der Waals surface area contributed by atoms with E-state index in [-0.39, 0.29) is 5.91 Å². The molecule has 3 N–H and O–H groups in total. The van der Waals surface area contributed by atoms with Gasteiger partial charge in [-0.25, -0.2) is 4.98 Å². The summed E-state index contributed by atoms with van der Waals surface area (Å²) in [5.74, 6) is -0.257. The first kappa shape index (κ1) is 10.7. The van der Waals surface area contributed by atoms with E-state index in [2.05, 4.69) is 10.3 Å². The van der Waals surface area contributed by atoms with Crippen LogP contribution in [0.5, 0.6) is 0 Å². The fraction of sp³-hybridized carbons (Fsp3) is 0.556. The third-order valence-corrected chi connectivity index (χ3v) is 1.88. The summed E-state index contributed by atoms with van der Waals surface area (Å²) in [6.45, 7) is 2.51. The van der Waals surface area contributed by atoms with Crippen LogP contribution in [-0.2, 0) is 11.3 Å². The maximum Gasteiger partial charge on any atom is 0.218 e. The van der Waals surface area contributed by atoms with Crippen molar-refractivity contribution >= 4 is 5.91 Å². The van der Waals surface area contributed by atoms with Gasteiger partial charge in [-0.15, -0.1) is 0 Å². The van der Waals surface area contributed by atoms with Crippen molar-refractivity contribution < 1.29 is 4.79 Å². The lowest BCUT2D eigenvalue weighted by molar-refractivity contribution is -0.117. The maximum atomic E-state index is 10.4. The number of nitrogens with zero attached hydrogens (tertiary/aromatic N) is 2. The highest BCUT2D eigenvalue weighted by Crippen LogP contribution is 1.88. The fourth-order valence-corrected chi connectivity index (χ4v) is 1.14. The van der Waals surface area contributed by atoms with Gasteiger partial charge in [-0.05, 0) is 13.0 Å². The van der Waals surface area contributed by atoms with E-state index in [4.69, 9.17) is 5.73 Å². The molecule has 0 unspecified atom stereocenters. The van der Waals surface area contributed by atoms with Crippen molar-refractivity contribution in [2.75, 3.05) is 13.1 Å². The van der Waals surface area contributed by atoms with E-state index >= 15 is 0 Å². The largest absolute Gasteiger partial charge is 0.370 e. The number of hydrogen-bond donors (Lipinski definition) is 2. The summed E-state index contributed by atoms with van der Waals surface area (Å²) in [5, 5.41) is 3.14. The molecule has 1 aromatic heterocycles. The minimum atomic E-state index is -0.257. The number of imidazole rings is 1. The zero-order valence-corrected chi connectivity index (χ0v) is 8.15. The van der Waals surface area contributed by atoms with E-state index in [9.17, 15) is 4.79 Å². The number of carbonyl (C=O) groups excluding carboxylic acids is 1. The minimum absolute atomic E-state index is 0.257. The van der Waals surface area contributed by atoms with Crippen LogP contribution in [0.25, 0.3) is 0 Å². The monoisotopic (exact) mass is 196 g/mol. The molecule has 0 aromatic carbocycles. The lowest BCUT2D eigenvalue weighted by atomic mass is 10.3. The number of nitrogens with two attached hydrogens (primary N) is 1. The Morgan fingerprint density at radius 3 is 3.00 bits per heavy atom. The zero-order valence-electron chi connectivity index (χ0n) is 8.15. The smallest absolute Gasteiger partial charge is 0.218 e. The molecule has 0 radical (unpaired) electrons. The average molecular weight is 196 g/mol. The zero-order chi connectivity index (χ0) is 10.2. The summed E-state index contributed by atoms with van der Waals surface area (Å²) < 4.78 is 2.02. The molecule has 0 saturated heterocycles. The Balaban J connectivity index is 1.92. The number of primary amides is 1. The van der Waals surface area contributed by atoms with Crippen LogP contribution in [0.4, 0.5) is 0 Å². The SMILES string of the molecule is NC(=O)CCNCCCn1ccnc1. The van der Waals surface area contributed by atoms with E-state index in [1.54, 1.807) is 12.5 Å². The Kier molecular flexibility index (Phi) is 4.71. The molecule has 5 heteroatoms. The molecule has 0 aliphatic rings. The van der Waals surface area contributed by atoms with E-state index in [1.807, 2.05) is 10.8 Å². The first-order valence-corrected chi connectivity index (χ1v) is 4.74. The highest BCUT2D eigenvalue weighted by atomic mass is 16.1. The second kappa shape index (κ2) is 6.15. The van der Waals surface area contributed by atoms with Gasteiger partial charge in [-0.2, -0.15) is 0 Å². The van der Waals surface area contributed by atoms with Gasteiger partial charge in [0.05, 0.1) is 6.33 Å². The van der Waals surface area contributed by atoms with Crippen molar-refractivity contribution in [2.45, 2.75) is 19.4 Å². The van der Waals surface area contributed by atoms with Crippen LogP contribution in [0, 0.1) is 0 Å². The minimum Gasteiger partial charge on any atom is -0.370 e. The van der Waals surface area contributed by atoms with Crippen LogP contribution in [0.1, 0.15) is 12.8 Å². The molecular formula is C9H16N4O. The fourth-order valence-electron chi connectivity index (χ4n) is 1.14. The van der Waals surface area contributed by atoms with E-state index < -0.39 is 0 Å². The first-order chi connectivity index (χ1) is 6.79. The molecule has 1 amide bonds. The van der Waals surface area contributed by atoms with Gasteiger partial charge in [0.2, 0.25) is 5.91 Å². The van der Waals surface area contributed by atoms with E-state index in [0.717, 1.165) is 19.5 Å². The van der Waals surface area contributed by atoms with Crippen LogP contribution < -0.4 is 11.1 Å². The lowest BCUT2D eigenvalue weighted by Gasteiger charge is -2.03. The second-order valence-electron chi connectivity index (χ2n) is 3.12. The van der Waals surface area contributed by atoms with Crippen molar-refractivity contribution in [2.24, 2.45) is 5.73 Å². The molecule has 0 bridgehead atoms. The summed E-state index contributed by atoms with van der Waals surface area (Å²) in [5.41, 5.74) is 4.99. The molecule has 0 aliphatic heterocycles. The summed E-state index contributed by atoms with van der Waals surface area (Å²) in [6.07, 6.45) is 6.92. The molecule has 5 nitrogen and oxygen atoms in total. The van der Waals surface area contributed by atoms with E-state index in [1.165, 1.54) is 0 Å². The Morgan fingerprint density at radius 2 is 2.36 bits per heavy atom. The number of amides is 1. The number of nitrogens with one attached hydrogen (secondary N) is 1. The number of carbonyl (C=O) groups is 1. The molecule has 0 spiro atoms. The van der Waals surface area contributed by atoms with Crippen molar-refractivity contribution in [3.8, 4) is 0 Å². The summed E-state index contributed by atoms with van der Waals surface area (Å²) in [7, 11) is 0. The summed E-state index contributed by atoms with van der Waals surface area (Å²) in [6, 6.07) is 0. The van der Waals surface area contributed by atoms with Crippen LogP contribution >= 0.6 is 0 Å². The van der Waals surface area contributed by atoms with Gasteiger partial charge in [0, 0.05) is 31.9 Å². The van der Waals surface area contributed by atoms with Crippen molar-refractivity contribution in [3.05, 3.63) is 18.7 Å². The van der Waals surface area contributed by atoms with Crippen LogP contribution in [-0.4, -0.2) is 28.5 Å². The molecule has 1 aromatic rings. The number of aromatic nitrogens is 2. The van der Waals surface area contributed by atoms with Crippen LogP contribution in [0.15, 0.2) is 18.7 Å². The third-order valence-electron chi connectivity index (χ3n) is 1.88. The normalized spacial score (nSPS) is 10.3. The van der Waals surface area contributed by atoms with Crippen molar-refractivity contribution in [1.29, 1.82) is 0 Å². The summed E-state index contributed by atoms with van der Waals surface area (Å²) in [4.78, 5) is 14.3. The Bertz CT molecular complexity index is 258. The molecule has 1 rings (SSSR count). The number of hydrogen-bond acceptors (Lipinski definition) is 3. The van der Waals surface area contributed by atoms with Gasteiger partial charge in [-0.3, -0.25) is 4.79 Å². The van der Waals surface area contributed by atoms with Crippen LogP contribution in [0.2, 0.25) is 0 Å². The molecule has 0 aliphatic carbocycles. The molecule has 0 fully saturated rings. The van der Waals surface area contributed by atoms with Gasteiger partial charge in [0.15, 0.2) is 0 Å². The average Bonchev–Trinajstić information content (AvgIpc) is 2.63. The highest BCUT2D eigenvalue weighted by molar-refractivity contribution is 5.73. The first-order valence-electron chi connectivity index (χ1n) is 4.74. The molecule has 14 heavy (non-hydrogen) atoms. The molecule has 0 saturated carbocycles. The lowest BCUT2D eigenvalue weighted by Crippen LogP contribution is -2.23. The van der Waals surface area contributed by atoms with Gasteiger partial charge < -0.3 is 15.6 Å². The predicted octanol–water partition coefficient (Wildman–Crippen LogP) is -0.262. The number of aryl methyl sites for hydroxylation is 1. The Morgan fingerprint density at radius 1 is 1.50 bits per heavy atom. The quantitative estimate of drug-likeness (QED) is 0.590. The van der Waals surface area contributed by atoms with E-state index in [0.29, 0.717) is 13.0 Å². The van der Waals surface area contributed by atoms with Gasteiger partial charge >= 0.3 is 0 Å². The summed E-state index contributed by atoms with van der Waals surface area (Å²) >= 11 is 0.